The largest absolute Gasteiger partial charge is 0.507 e. The van der Waals surface area contributed by atoms with E-state index in [2.05, 4.69) is 4.98 Å². The maximum absolute atomic E-state index is 13.4. The third kappa shape index (κ3) is 4.71. The Morgan fingerprint density at radius 1 is 1.16 bits per heavy atom. The Balaban J connectivity index is 1.56. The second-order valence-corrected chi connectivity index (χ2v) is 9.44. The highest BCUT2D eigenvalue weighted by Gasteiger charge is 2.46. The minimum atomic E-state index is -0.786. The van der Waals surface area contributed by atoms with Crippen molar-refractivity contribution in [3.8, 4) is 17.2 Å². The predicted octanol–water partition coefficient (Wildman–Crippen LogP) is 4.13. The van der Waals surface area contributed by atoms with Gasteiger partial charge >= 0.3 is 0 Å². The van der Waals surface area contributed by atoms with Crippen molar-refractivity contribution >= 4 is 17.4 Å². The van der Waals surface area contributed by atoms with Crippen LogP contribution in [0.15, 0.2) is 60.7 Å². The standard InChI is InChI=1S/C29H31N3O6/c1-4-37-23-9-6-19(16-24(23)36-3)26-25(27(33)20-7-8-22-21(15-20)14-18(2)38-22)28(34)29(35)32(26)12-5-11-31-13-10-30-17-31/h6-10,13,15-18,26,33H,4-5,11-12,14H2,1-3H3/b27-25+/t18-,26+/m1/s1. The van der Waals surface area contributed by atoms with Gasteiger partial charge in [-0.15, -0.1) is 0 Å². The van der Waals surface area contributed by atoms with Crippen molar-refractivity contribution in [2.75, 3.05) is 20.3 Å². The number of aromatic nitrogens is 2. The number of aliphatic hydroxyl groups is 1. The molecule has 5 rings (SSSR count). The zero-order valence-electron chi connectivity index (χ0n) is 21.7. The summed E-state index contributed by atoms with van der Waals surface area (Å²) in [4.78, 5) is 32.3. The molecular formula is C29H31N3O6. The molecule has 1 saturated heterocycles. The number of carbonyl (C=O) groups is 2. The number of amides is 1. The number of Topliss-reactive ketones (excluding diaryl/α,β-unsaturated/α-hetero) is 1. The summed E-state index contributed by atoms with van der Waals surface area (Å²) in [7, 11) is 1.54. The number of ether oxygens (including phenoxy) is 3. The van der Waals surface area contributed by atoms with Crippen molar-refractivity contribution in [2.45, 2.75) is 45.4 Å². The summed E-state index contributed by atoms with van der Waals surface area (Å²) in [6.45, 7) is 5.27. The van der Waals surface area contributed by atoms with E-state index >= 15 is 0 Å². The lowest BCUT2D eigenvalue weighted by molar-refractivity contribution is -0.139. The quantitative estimate of drug-likeness (QED) is 0.259. The van der Waals surface area contributed by atoms with Gasteiger partial charge < -0.3 is 28.8 Å². The average molecular weight is 518 g/mol. The van der Waals surface area contributed by atoms with Crippen molar-refractivity contribution < 1.29 is 28.9 Å². The number of likely N-dealkylation sites (tertiary alicyclic amines) is 1. The highest BCUT2D eigenvalue weighted by atomic mass is 16.5. The molecule has 38 heavy (non-hydrogen) atoms. The molecule has 9 nitrogen and oxygen atoms in total. The van der Waals surface area contributed by atoms with Gasteiger partial charge in [-0.1, -0.05) is 6.07 Å². The first-order valence-electron chi connectivity index (χ1n) is 12.8. The molecule has 1 fully saturated rings. The van der Waals surface area contributed by atoms with Crippen LogP contribution in [-0.2, 0) is 22.6 Å². The number of rotatable bonds is 9. The minimum Gasteiger partial charge on any atom is -0.507 e. The van der Waals surface area contributed by atoms with Crippen LogP contribution < -0.4 is 14.2 Å². The summed E-state index contributed by atoms with van der Waals surface area (Å²) in [5.41, 5.74) is 2.12. The predicted molar refractivity (Wildman–Crippen MR) is 140 cm³/mol. The van der Waals surface area contributed by atoms with Crippen LogP contribution >= 0.6 is 0 Å². The van der Waals surface area contributed by atoms with Gasteiger partial charge in [-0.25, -0.2) is 4.98 Å². The molecule has 2 aliphatic rings. The first kappa shape index (κ1) is 25.4. The molecule has 3 heterocycles. The van der Waals surface area contributed by atoms with Crippen LogP contribution in [0.3, 0.4) is 0 Å². The molecule has 0 saturated carbocycles. The van der Waals surface area contributed by atoms with Gasteiger partial charge in [0.2, 0.25) is 0 Å². The molecule has 2 aromatic carbocycles. The molecule has 1 amide bonds. The number of aryl methyl sites for hydroxylation is 1. The van der Waals surface area contributed by atoms with E-state index in [0.717, 1.165) is 11.3 Å². The average Bonchev–Trinajstić information content (AvgIpc) is 3.62. The van der Waals surface area contributed by atoms with E-state index in [1.54, 1.807) is 42.9 Å². The Labute approximate surface area is 221 Å². The minimum absolute atomic E-state index is 0.0415. The third-order valence-corrected chi connectivity index (χ3v) is 6.89. The Kier molecular flexibility index (Phi) is 7.09. The number of fused-ring (bicyclic) bond motifs is 1. The van der Waals surface area contributed by atoms with Gasteiger partial charge in [0.05, 0.1) is 31.7 Å². The first-order chi connectivity index (χ1) is 18.4. The number of benzene rings is 2. The number of imidazole rings is 1. The van der Waals surface area contributed by atoms with Gasteiger partial charge in [-0.3, -0.25) is 9.59 Å². The second-order valence-electron chi connectivity index (χ2n) is 9.44. The molecule has 0 bridgehead atoms. The number of aliphatic hydroxyl groups excluding tert-OH is 1. The number of hydrogen-bond acceptors (Lipinski definition) is 7. The van der Waals surface area contributed by atoms with E-state index in [1.165, 1.54) is 12.0 Å². The van der Waals surface area contributed by atoms with Gasteiger partial charge in [0.25, 0.3) is 11.7 Å². The molecule has 0 aliphatic carbocycles. The summed E-state index contributed by atoms with van der Waals surface area (Å²) in [5, 5.41) is 11.5. The van der Waals surface area contributed by atoms with Crippen molar-refractivity contribution in [3.05, 3.63) is 77.4 Å². The first-order valence-corrected chi connectivity index (χ1v) is 12.8. The maximum Gasteiger partial charge on any atom is 0.295 e. The van der Waals surface area contributed by atoms with E-state index < -0.39 is 17.7 Å². The smallest absolute Gasteiger partial charge is 0.295 e. The molecule has 0 spiro atoms. The van der Waals surface area contributed by atoms with Gasteiger partial charge in [0.1, 0.15) is 17.6 Å². The van der Waals surface area contributed by atoms with Crippen molar-refractivity contribution in [1.29, 1.82) is 0 Å². The summed E-state index contributed by atoms with van der Waals surface area (Å²) >= 11 is 0. The summed E-state index contributed by atoms with van der Waals surface area (Å²) in [6, 6.07) is 9.88. The lowest BCUT2D eigenvalue weighted by atomic mass is 9.94. The lowest BCUT2D eigenvalue weighted by Crippen LogP contribution is -2.31. The van der Waals surface area contributed by atoms with E-state index in [1.807, 2.05) is 30.7 Å². The fourth-order valence-corrected chi connectivity index (χ4v) is 5.15. The molecule has 1 aromatic heterocycles. The topological polar surface area (TPSA) is 103 Å². The molecule has 2 aliphatic heterocycles. The van der Waals surface area contributed by atoms with E-state index in [9.17, 15) is 14.7 Å². The Morgan fingerprint density at radius 3 is 2.74 bits per heavy atom. The monoisotopic (exact) mass is 517 g/mol. The summed E-state index contributed by atoms with van der Waals surface area (Å²) < 4.78 is 18.9. The van der Waals surface area contributed by atoms with Crippen LogP contribution in [0, 0.1) is 0 Å². The number of ketones is 1. The molecule has 1 N–H and O–H groups in total. The van der Waals surface area contributed by atoms with Crippen molar-refractivity contribution in [1.82, 2.24) is 14.5 Å². The zero-order chi connectivity index (χ0) is 26.8. The molecule has 198 valence electrons. The summed E-state index contributed by atoms with van der Waals surface area (Å²) in [6.07, 6.45) is 6.60. The Morgan fingerprint density at radius 2 is 2.00 bits per heavy atom. The molecule has 9 heteroatoms. The van der Waals surface area contributed by atoms with E-state index in [-0.39, 0.29) is 17.4 Å². The Hall–Kier alpha value is -4.27. The maximum atomic E-state index is 13.4. The van der Waals surface area contributed by atoms with Gasteiger partial charge in [0.15, 0.2) is 11.5 Å². The second kappa shape index (κ2) is 10.6. The van der Waals surface area contributed by atoms with Crippen LogP contribution in [0.25, 0.3) is 5.76 Å². The number of carbonyl (C=O) groups excluding carboxylic acids is 2. The molecule has 0 unspecified atom stereocenters. The van der Waals surface area contributed by atoms with Crippen LogP contribution in [0.4, 0.5) is 0 Å². The van der Waals surface area contributed by atoms with Crippen LogP contribution in [0.2, 0.25) is 0 Å². The molecule has 0 radical (unpaired) electrons. The van der Waals surface area contributed by atoms with Gasteiger partial charge in [0, 0.05) is 37.5 Å². The van der Waals surface area contributed by atoms with E-state index in [4.69, 9.17) is 14.2 Å². The van der Waals surface area contributed by atoms with Crippen LogP contribution in [-0.4, -0.2) is 57.6 Å². The van der Waals surface area contributed by atoms with Crippen LogP contribution in [0.5, 0.6) is 17.2 Å². The molecular weight excluding hydrogens is 486 g/mol. The van der Waals surface area contributed by atoms with Crippen molar-refractivity contribution in [2.24, 2.45) is 0 Å². The fourth-order valence-electron chi connectivity index (χ4n) is 5.15. The number of nitrogens with zero attached hydrogens (tertiary/aromatic N) is 3. The summed E-state index contributed by atoms with van der Waals surface area (Å²) in [5.74, 6) is 0.240. The van der Waals surface area contributed by atoms with E-state index in [0.29, 0.717) is 55.2 Å². The van der Waals surface area contributed by atoms with Gasteiger partial charge in [-0.05, 0) is 61.7 Å². The zero-order valence-corrected chi connectivity index (χ0v) is 21.7. The van der Waals surface area contributed by atoms with Crippen LogP contribution in [0.1, 0.15) is 43.0 Å². The van der Waals surface area contributed by atoms with Gasteiger partial charge in [-0.2, -0.15) is 0 Å². The Bertz CT molecular complexity index is 1380. The third-order valence-electron chi connectivity index (χ3n) is 6.89. The molecule has 2 atom stereocenters. The number of hydrogen-bond donors (Lipinski definition) is 1. The van der Waals surface area contributed by atoms with Crippen molar-refractivity contribution in [3.63, 3.8) is 0 Å². The molecule has 3 aromatic rings. The highest BCUT2D eigenvalue weighted by molar-refractivity contribution is 6.46. The highest BCUT2D eigenvalue weighted by Crippen LogP contribution is 2.42. The normalized spacial score (nSPS) is 19.9. The SMILES string of the molecule is CCOc1ccc([C@H]2/C(=C(\O)c3ccc4c(c3)C[C@@H](C)O4)C(=O)C(=O)N2CCCn2ccnc2)cc1OC. The lowest BCUT2D eigenvalue weighted by Gasteiger charge is -2.26. The number of methoxy groups -OCH3 is 1. The fraction of sp³-hybridized carbons (Fsp3) is 0.345.